The predicted molar refractivity (Wildman–Crippen MR) is 79.2 cm³/mol. The number of aliphatic hydroxyl groups is 2. The lowest BCUT2D eigenvalue weighted by Gasteiger charge is -2.40. The minimum Gasteiger partial charge on any atom is -0.508 e. The summed E-state index contributed by atoms with van der Waals surface area (Å²) in [6.45, 7) is 3.50. The molecule has 1 aliphatic rings. The number of aliphatic carboxylic acids is 1. The van der Waals surface area contributed by atoms with Crippen molar-refractivity contribution in [2.45, 2.75) is 31.5 Å². The van der Waals surface area contributed by atoms with Crippen molar-refractivity contribution in [2.24, 2.45) is 5.41 Å². The zero-order valence-corrected chi connectivity index (χ0v) is 12.3. The summed E-state index contributed by atoms with van der Waals surface area (Å²) >= 11 is 0. The van der Waals surface area contributed by atoms with Crippen LogP contribution in [-0.4, -0.2) is 49.5 Å². The summed E-state index contributed by atoms with van der Waals surface area (Å²) < 4.78 is 0. The number of benzene rings is 1. The smallest absolute Gasteiger partial charge is 0.313 e. The summed E-state index contributed by atoms with van der Waals surface area (Å²) in [6, 6.07) is 3.34. The first-order valence-corrected chi connectivity index (χ1v) is 7.02. The second-order valence-electron chi connectivity index (χ2n) is 5.79. The van der Waals surface area contributed by atoms with Gasteiger partial charge in [0.1, 0.15) is 16.9 Å². The zero-order chi connectivity index (χ0) is 17.4. The van der Waals surface area contributed by atoms with Crippen molar-refractivity contribution in [3.05, 3.63) is 35.9 Å². The Balaban J connectivity index is 2.37. The lowest BCUT2D eigenvalue weighted by Crippen LogP contribution is -2.50. The molecular weight excluding hydrogens is 304 g/mol. The molecule has 0 spiro atoms. The molecule has 7 nitrogen and oxygen atoms in total. The Morgan fingerprint density at radius 2 is 1.91 bits per heavy atom. The van der Waals surface area contributed by atoms with E-state index in [9.17, 15) is 35.1 Å². The molecule has 1 saturated carbocycles. The van der Waals surface area contributed by atoms with Crippen molar-refractivity contribution < 1.29 is 35.1 Å². The zero-order valence-electron chi connectivity index (χ0n) is 12.3. The Morgan fingerprint density at radius 3 is 2.52 bits per heavy atom. The van der Waals surface area contributed by atoms with E-state index in [1.165, 1.54) is 6.07 Å². The van der Waals surface area contributed by atoms with Gasteiger partial charge >= 0.3 is 5.97 Å². The van der Waals surface area contributed by atoms with E-state index >= 15 is 0 Å². The summed E-state index contributed by atoms with van der Waals surface area (Å²) in [7, 11) is 0. The molecule has 5 N–H and O–H groups in total. The lowest BCUT2D eigenvalue weighted by atomic mass is 9.66. The number of rotatable bonds is 4. The summed E-state index contributed by atoms with van der Waals surface area (Å²) in [5, 5.41) is 48.6. The number of carboxylic acids is 1. The number of hydrogen-bond donors (Lipinski definition) is 5. The Morgan fingerprint density at radius 1 is 1.26 bits per heavy atom. The van der Waals surface area contributed by atoms with Crippen LogP contribution in [-0.2, 0) is 4.79 Å². The Labute approximate surface area is 132 Å². The van der Waals surface area contributed by atoms with Crippen LogP contribution in [0.2, 0.25) is 0 Å². The molecule has 0 bridgehead atoms. The van der Waals surface area contributed by atoms with Crippen molar-refractivity contribution in [1.29, 1.82) is 0 Å². The highest BCUT2D eigenvalue weighted by Gasteiger charge is 2.52. The van der Waals surface area contributed by atoms with Crippen LogP contribution in [0.15, 0.2) is 30.4 Å². The molecule has 3 atom stereocenters. The molecule has 0 aliphatic heterocycles. The number of aliphatic hydroxyl groups excluding tert-OH is 2. The third-order valence-corrected chi connectivity index (χ3v) is 4.35. The van der Waals surface area contributed by atoms with Crippen LogP contribution in [0.25, 0.3) is 0 Å². The van der Waals surface area contributed by atoms with Gasteiger partial charge < -0.3 is 25.5 Å². The van der Waals surface area contributed by atoms with Crippen molar-refractivity contribution in [1.82, 2.24) is 0 Å². The number of carboxylic acid groups (broad SMARTS) is 1. The number of ketones is 1. The van der Waals surface area contributed by atoms with Gasteiger partial charge in [-0.15, -0.1) is 0 Å². The number of hydrogen-bond acceptors (Lipinski definition) is 6. The van der Waals surface area contributed by atoms with Gasteiger partial charge in [-0.3, -0.25) is 9.59 Å². The maximum absolute atomic E-state index is 12.4. The highest BCUT2D eigenvalue weighted by atomic mass is 16.4. The van der Waals surface area contributed by atoms with E-state index < -0.39 is 41.5 Å². The highest BCUT2D eigenvalue weighted by molar-refractivity contribution is 6.01. The molecule has 1 aromatic carbocycles. The van der Waals surface area contributed by atoms with Gasteiger partial charge in [0.05, 0.1) is 17.8 Å². The Bertz CT molecular complexity index is 666. The van der Waals surface area contributed by atoms with Crippen LogP contribution in [0.1, 0.15) is 29.6 Å². The fraction of sp³-hybridized carbons (Fsp3) is 0.375. The van der Waals surface area contributed by atoms with Crippen LogP contribution in [0, 0.1) is 5.41 Å². The Kier molecular flexibility index (Phi) is 4.44. The molecule has 7 heteroatoms. The third-order valence-electron chi connectivity index (χ3n) is 4.35. The standard InChI is InChI=1S/C16H18O7/c1-8-11(18)4-5-16(14(8)21,15(22)23)7-13(20)10-6-9(17)2-3-12(10)19/h2-3,6,11,14,17-19,21H,1,4-5,7H2,(H,22,23)/t11-,14-,16-/m1/s1. The van der Waals surface area contributed by atoms with E-state index in [0.29, 0.717) is 0 Å². The molecule has 0 unspecified atom stereocenters. The largest absolute Gasteiger partial charge is 0.508 e. The summed E-state index contributed by atoms with van der Waals surface area (Å²) in [4.78, 5) is 24.1. The van der Waals surface area contributed by atoms with Gasteiger partial charge in [-0.2, -0.15) is 0 Å². The summed E-state index contributed by atoms with van der Waals surface area (Å²) in [5.41, 5.74) is -2.10. The van der Waals surface area contributed by atoms with Crippen molar-refractivity contribution in [3.63, 3.8) is 0 Å². The molecule has 0 heterocycles. The van der Waals surface area contributed by atoms with Crippen molar-refractivity contribution in [3.8, 4) is 11.5 Å². The van der Waals surface area contributed by atoms with E-state index in [4.69, 9.17) is 0 Å². The van der Waals surface area contributed by atoms with E-state index in [0.717, 1.165) is 12.1 Å². The van der Waals surface area contributed by atoms with E-state index in [2.05, 4.69) is 6.58 Å². The first kappa shape index (κ1) is 17.0. The summed E-state index contributed by atoms with van der Waals surface area (Å²) in [5.74, 6) is -2.76. The number of phenols is 2. The molecule has 1 aliphatic carbocycles. The molecule has 1 fully saturated rings. The number of aromatic hydroxyl groups is 2. The van der Waals surface area contributed by atoms with Crippen molar-refractivity contribution >= 4 is 11.8 Å². The molecule has 0 saturated heterocycles. The SMILES string of the molecule is C=C1[C@H](O)CC[C@](CC(=O)c2cc(O)ccc2O)(C(=O)O)[C@@H]1O. The van der Waals surface area contributed by atoms with Gasteiger partial charge in [0, 0.05) is 6.42 Å². The number of carbonyl (C=O) groups is 2. The molecular formula is C16H18O7. The van der Waals surface area contributed by atoms with Gasteiger partial charge in [-0.05, 0) is 36.6 Å². The van der Waals surface area contributed by atoms with Crippen LogP contribution < -0.4 is 0 Å². The second kappa shape index (κ2) is 6.02. The average Bonchev–Trinajstić information content (AvgIpc) is 2.50. The number of phenolic OH excluding ortho intramolecular Hbond substituents is 2. The van der Waals surface area contributed by atoms with Crippen LogP contribution in [0.5, 0.6) is 11.5 Å². The number of Topliss-reactive ketones (excluding diaryl/α,β-unsaturated/α-hetero) is 1. The van der Waals surface area contributed by atoms with E-state index in [1.54, 1.807) is 0 Å². The third kappa shape index (κ3) is 2.93. The fourth-order valence-electron chi connectivity index (χ4n) is 2.87. The maximum Gasteiger partial charge on any atom is 0.313 e. The van der Waals surface area contributed by atoms with Gasteiger partial charge in [0.25, 0.3) is 0 Å². The molecule has 0 aromatic heterocycles. The second-order valence-corrected chi connectivity index (χ2v) is 5.79. The van der Waals surface area contributed by atoms with E-state index in [1.807, 2.05) is 0 Å². The first-order valence-electron chi connectivity index (χ1n) is 7.02. The quantitative estimate of drug-likeness (QED) is 0.314. The van der Waals surface area contributed by atoms with Gasteiger partial charge in [-0.25, -0.2) is 0 Å². The predicted octanol–water partition coefficient (Wildman–Crippen LogP) is 0.813. The van der Waals surface area contributed by atoms with E-state index in [-0.39, 0.29) is 29.7 Å². The monoisotopic (exact) mass is 322 g/mol. The first-order chi connectivity index (χ1) is 10.7. The molecule has 23 heavy (non-hydrogen) atoms. The van der Waals surface area contributed by atoms with Crippen LogP contribution in [0.3, 0.4) is 0 Å². The van der Waals surface area contributed by atoms with Crippen molar-refractivity contribution in [2.75, 3.05) is 0 Å². The normalized spacial score (nSPS) is 27.7. The van der Waals surface area contributed by atoms with Crippen LogP contribution >= 0.6 is 0 Å². The van der Waals surface area contributed by atoms with Gasteiger partial charge in [0.2, 0.25) is 0 Å². The van der Waals surface area contributed by atoms with Gasteiger partial charge in [-0.1, -0.05) is 6.58 Å². The molecule has 0 radical (unpaired) electrons. The molecule has 124 valence electrons. The van der Waals surface area contributed by atoms with Gasteiger partial charge in [0.15, 0.2) is 5.78 Å². The molecule has 1 aromatic rings. The topological polar surface area (TPSA) is 135 Å². The fourth-order valence-corrected chi connectivity index (χ4v) is 2.87. The minimum atomic E-state index is -1.83. The average molecular weight is 322 g/mol. The van der Waals surface area contributed by atoms with Crippen LogP contribution in [0.4, 0.5) is 0 Å². The maximum atomic E-state index is 12.4. The lowest BCUT2D eigenvalue weighted by molar-refractivity contribution is -0.158. The molecule has 2 rings (SSSR count). The molecule has 0 amide bonds. The highest BCUT2D eigenvalue weighted by Crippen LogP contribution is 2.43. The number of carbonyl (C=O) groups excluding carboxylic acids is 1. The Hall–Kier alpha value is -2.38. The summed E-state index contributed by atoms with van der Waals surface area (Å²) in [6.07, 6.45) is -3.27. The minimum absolute atomic E-state index is 0.0495.